The standard InChI is InChI=1S/C12H7BrFN3O2S/c13-9-6-20-12(16-9)17-11(18)10(14)19-8-4-2-1-3-7(8)5-15/h1-4,6,10H,(H,16,17,18). The molecule has 0 aliphatic rings. The summed E-state index contributed by atoms with van der Waals surface area (Å²) < 4.78 is 19.1. The third-order valence-electron chi connectivity index (χ3n) is 2.15. The van der Waals surface area contributed by atoms with Gasteiger partial charge in [0.2, 0.25) is 0 Å². The van der Waals surface area contributed by atoms with Crippen molar-refractivity contribution in [3.05, 3.63) is 39.8 Å². The largest absolute Gasteiger partial charge is 0.450 e. The second kappa shape index (κ2) is 6.45. The summed E-state index contributed by atoms with van der Waals surface area (Å²) in [6.45, 7) is 0. The summed E-state index contributed by atoms with van der Waals surface area (Å²) in [5.41, 5.74) is 0.153. The van der Waals surface area contributed by atoms with Gasteiger partial charge in [0.1, 0.15) is 16.4 Å². The molecule has 5 nitrogen and oxygen atoms in total. The van der Waals surface area contributed by atoms with Crippen molar-refractivity contribution in [3.63, 3.8) is 0 Å². The summed E-state index contributed by atoms with van der Waals surface area (Å²) in [5, 5.41) is 13.0. The van der Waals surface area contributed by atoms with Gasteiger partial charge in [0, 0.05) is 5.38 Å². The minimum absolute atomic E-state index is 0.0120. The van der Waals surface area contributed by atoms with Crippen molar-refractivity contribution in [2.24, 2.45) is 0 Å². The van der Waals surface area contributed by atoms with Crippen LogP contribution in [0.2, 0.25) is 0 Å². The topological polar surface area (TPSA) is 75.0 Å². The Morgan fingerprint density at radius 3 is 2.95 bits per heavy atom. The van der Waals surface area contributed by atoms with E-state index in [9.17, 15) is 9.18 Å². The van der Waals surface area contributed by atoms with Crippen LogP contribution < -0.4 is 10.1 Å². The fourth-order valence-corrected chi connectivity index (χ4v) is 2.45. The lowest BCUT2D eigenvalue weighted by atomic mass is 10.2. The molecule has 0 aliphatic heterocycles. The summed E-state index contributed by atoms with van der Waals surface area (Å²) in [5.74, 6) is -0.974. The van der Waals surface area contributed by atoms with Gasteiger partial charge < -0.3 is 4.74 Å². The Labute approximate surface area is 126 Å². The summed E-state index contributed by atoms with van der Waals surface area (Å²) in [7, 11) is 0. The van der Waals surface area contributed by atoms with Crippen LogP contribution in [0, 0.1) is 11.3 Å². The zero-order valence-electron chi connectivity index (χ0n) is 9.84. The molecule has 1 N–H and O–H groups in total. The smallest absolute Gasteiger partial charge is 0.317 e. The van der Waals surface area contributed by atoms with Crippen LogP contribution in [0.1, 0.15) is 5.56 Å². The Balaban J connectivity index is 2.02. The highest BCUT2D eigenvalue weighted by molar-refractivity contribution is 9.10. The molecule has 0 aliphatic carbocycles. The molecule has 2 aromatic rings. The van der Waals surface area contributed by atoms with Gasteiger partial charge in [-0.2, -0.15) is 9.65 Å². The van der Waals surface area contributed by atoms with Gasteiger partial charge in [-0.15, -0.1) is 11.3 Å². The molecule has 8 heteroatoms. The normalized spacial score (nSPS) is 11.4. The van der Waals surface area contributed by atoms with E-state index in [0.717, 1.165) is 11.3 Å². The van der Waals surface area contributed by atoms with Crippen molar-refractivity contribution in [1.82, 2.24) is 4.98 Å². The van der Waals surface area contributed by atoms with E-state index in [1.807, 2.05) is 6.07 Å². The second-order valence-corrected chi connectivity index (χ2v) is 5.18. The number of amides is 1. The van der Waals surface area contributed by atoms with Crippen LogP contribution in [0.15, 0.2) is 34.2 Å². The molecule has 1 heterocycles. The van der Waals surface area contributed by atoms with Crippen LogP contribution in [0.4, 0.5) is 9.52 Å². The first-order valence-corrected chi connectivity index (χ1v) is 6.99. The van der Waals surface area contributed by atoms with E-state index in [2.05, 4.69) is 26.2 Å². The van der Waals surface area contributed by atoms with Crippen molar-refractivity contribution in [3.8, 4) is 11.8 Å². The first kappa shape index (κ1) is 14.4. The Hall–Kier alpha value is -1.98. The van der Waals surface area contributed by atoms with Crippen molar-refractivity contribution >= 4 is 38.3 Å². The number of benzene rings is 1. The second-order valence-electron chi connectivity index (χ2n) is 3.51. The van der Waals surface area contributed by atoms with Gasteiger partial charge in [-0.3, -0.25) is 10.1 Å². The molecule has 0 spiro atoms. The number of thiazole rings is 1. The van der Waals surface area contributed by atoms with E-state index in [1.165, 1.54) is 12.1 Å². The summed E-state index contributed by atoms with van der Waals surface area (Å²) in [6, 6.07) is 7.94. The van der Waals surface area contributed by atoms with Crippen LogP contribution >= 0.6 is 27.3 Å². The number of anilines is 1. The van der Waals surface area contributed by atoms with E-state index in [1.54, 1.807) is 17.5 Å². The average Bonchev–Trinajstić information content (AvgIpc) is 2.84. The fraction of sp³-hybridized carbons (Fsp3) is 0.0833. The molecule has 1 aromatic carbocycles. The number of carbonyl (C=O) groups excluding carboxylic acids is 1. The van der Waals surface area contributed by atoms with E-state index in [-0.39, 0.29) is 16.4 Å². The number of nitriles is 1. The number of aromatic nitrogens is 1. The zero-order chi connectivity index (χ0) is 14.5. The number of hydrogen-bond acceptors (Lipinski definition) is 5. The Morgan fingerprint density at radius 1 is 1.55 bits per heavy atom. The number of halogens is 2. The highest BCUT2D eigenvalue weighted by Crippen LogP contribution is 2.21. The van der Waals surface area contributed by atoms with E-state index in [4.69, 9.17) is 10.00 Å². The molecule has 1 atom stereocenters. The lowest BCUT2D eigenvalue weighted by molar-refractivity contribution is -0.129. The molecule has 20 heavy (non-hydrogen) atoms. The monoisotopic (exact) mass is 355 g/mol. The Kier molecular flexibility index (Phi) is 4.65. The lowest BCUT2D eigenvalue weighted by Gasteiger charge is -2.11. The number of nitrogens with one attached hydrogen (secondary N) is 1. The molecule has 1 aromatic heterocycles. The van der Waals surface area contributed by atoms with Gasteiger partial charge >= 0.3 is 12.3 Å². The van der Waals surface area contributed by atoms with E-state index < -0.39 is 12.3 Å². The molecule has 0 radical (unpaired) electrons. The number of carbonyl (C=O) groups is 1. The third-order valence-corrected chi connectivity index (χ3v) is 3.62. The van der Waals surface area contributed by atoms with Gasteiger partial charge in [-0.25, -0.2) is 4.98 Å². The quantitative estimate of drug-likeness (QED) is 0.914. The SMILES string of the molecule is N#Cc1ccccc1OC(F)C(=O)Nc1nc(Br)cs1. The minimum atomic E-state index is -2.23. The molecule has 0 bridgehead atoms. The zero-order valence-corrected chi connectivity index (χ0v) is 12.2. The molecule has 0 saturated heterocycles. The van der Waals surface area contributed by atoms with Crippen molar-refractivity contribution in [2.45, 2.75) is 6.36 Å². The Morgan fingerprint density at radius 2 is 2.30 bits per heavy atom. The van der Waals surface area contributed by atoms with Crippen molar-refractivity contribution in [1.29, 1.82) is 5.26 Å². The van der Waals surface area contributed by atoms with Crippen LogP contribution in [0.25, 0.3) is 0 Å². The summed E-state index contributed by atoms with van der Waals surface area (Å²) >= 11 is 4.26. The molecule has 0 saturated carbocycles. The predicted octanol–water partition coefficient (Wildman–Crippen LogP) is 3.09. The maximum absolute atomic E-state index is 13.7. The number of hydrogen-bond donors (Lipinski definition) is 1. The van der Waals surface area contributed by atoms with Crippen molar-refractivity contribution in [2.75, 3.05) is 5.32 Å². The molecular weight excluding hydrogens is 349 g/mol. The average molecular weight is 356 g/mol. The first-order valence-electron chi connectivity index (χ1n) is 5.32. The van der Waals surface area contributed by atoms with E-state index >= 15 is 0 Å². The number of alkyl halides is 1. The fourth-order valence-electron chi connectivity index (χ4n) is 1.30. The number of rotatable bonds is 4. The molecular formula is C12H7BrFN3O2S. The Bertz CT molecular complexity index is 671. The molecule has 0 fully saturated rings. The third kappa shape index (κ3) is 3.53. The van der Waals surface area contributed by atoms with Crippen LogP contribution in [0.3, 0.4) is 0 Å². The van der Waals surface area contributed by atoms with E-state index in [0.29, 0.717) is 4.60 Å². The van der Waals surface area contributed by atoms with Crippen LogP contribution in [-0.4, -0.2) is 17.2 Å². The first-order chi connectivity index (χ1) is 9.60. The van der Waals surface area contributed by atoms with Crippen LogP contribution in [-0.2, 0) is 4.79 Å². The van der Waals surface area contributed by atoms with Gasteiger partial charge in [0.15, 0.2) is 5.13 Å². The number of para-hydroxylation sites is 1. The highest BCUT2D eigenvalue weighted by Gasteiger charge is 2.21. The highest BCUT2D eigenvalue weighted by atomic mass is 79.9. The molecule has 1 unspecified atom stereocenters. The summed E-state index contributed by atoms with van der Waals surface area (Å²) in [4.78, 5) is 15.5. The van der Waals surface area contributed by atoms with Gasteiger partial charge in [0.05, 0.1) is 5.56 Å². The molecule has 102 valence electrons. The van der Waals surface area contributed by atoms with Crippen molar-refractivity contribution < 1.29 is 13.9 Å². The molecule has 2 rings (SSSR count). The number of nitrogens with zero attached hydrogens (tertiary/aromatic N) is 2. The predicted molar refractivity (Wildman–Crippen MR) is 75.1 cm³/mol. The molecule has 1 amide bonds. The van der Waals surface area contributed by atoms with Gasteiger partial charge in [0.25, 0.3) is 0 Å². The lowest BCUT2D eigenvalue weighted by Crippen LogP contribution is -2.29. The maximum Gasteiger partial charge on any atom is 0.317 e. The maximum atomic E-state index is 13.7. The number of ether oxygens (including phenoxy) is 1. The minimum Gasteiger partial charge on any atom is -0.450 e. The van der Waals surface area contributed by atoms with Gasteiger partial charge in [-0.05, 0) is 28.1 Å². The van der Waals surface area contributed by atoms with Gasteiger partial charge in [-0.1, -0.05) is 12.1 Å². The summed E-state index contributed by atoms with van der Waals surface area (Å²) in [6.07, 6.45) is -2.23. The van der Waals surface area contributed by atoms with Crippen LogP contribution in [0.5, 0.6) is 5.75 Å².